The van der Waals surface area contributed by atoms with Crippen molar-refractivity contribution in [2.24, 2.45) is 5.41 Å². The summed E-state index contributed by atoms with van der Waals surface area (Å²) in [5.41, 5.74) is -0.0320. The van der Waals surface area contributed by atoms with Gasteiger partial charge in [0.25, 0.3) is 0 Å². The van der Waals surface area contributed by atoms with Crippen LogP contribution in [-0.4, -0.2) is 26.7 Å². The summed E-state index contributed by atoms with van der Waals surface area (Å²) in [6.07, 6.45) is 2.07. The number of nitrogens with zero attached hydrogens (tertiary/aromatic N) is 1. The molecular formula is C15H21ClN2O3S. The van der Waals surface area contributed by atoms with E-state index >= 15 is 0 Å². The Morgan fingerprint density at radius 2 is 2.00 bits per heavy atom. The molecule has 0 heterocycles. The third-order valence-electron chi connectivity index (χ3n) is 4.15. The van der Waals surface area contributed by atoms with Gasteiger partial charge in [-0.2, -0.15) is 5.26 Å². The first-order chi connectivity index (χ1) is 10.3. The van der Waals surface area contributed by atoms with E-state index in [1.165, 1.54) is 18.2 Å². The van der Waals surface area contributed by atoms with Gasteiger partial charge in [0, 0.05) is 13.2 Å². The van der Waals surface area contributed by atoms with Gasteiger partial charge in [-0.1, -0.05) is 25.4 Å². The Bertz CT molecular complexity index is 649. The first-order valence-corrected chi connectivity index (χ1v) is 9.00. The number of nitrogens with one attached hydrogen (secondary N) is 1. The molecule has 0 amide bonds. The molecular weight excluding hydrogens is 324 g/mol. The molecule has 1 rings (SSSR count). The molecule has 0 fully saturated rings. The van der Waals surface area contributed by atoms with Gasteiger partial charge in [-0.05, 0) is 42.9 Å². The fraction of sp³-hybridized carbons (Fsp3) is 0.533. The molecule has 0 atom stereocenters. The van der Waals surface area contributed by atoms with E-state index < -0.39 is 10.0 Å². The van der Waals surface area contributed by atoms with Crippen LogP contribution in [0, 0.1) is 16.7 Å². The second kappa shape index (κ2) is 7.93. The van der Waals surface area contributed by atoms with Crippen molar-refractivity contribution in [3.63, 3.8) is 0 Å². The van der Waals surface area contributed by atoms with Crippen molar-refractivity contribution < 1.29 is 13.5 Å². The topological polar surface area (TPSA) is 90.2 Å². The third kappa shape index (κ3) is 4.43. The number of hydrogen-bond donors (Lipinski definition) is 2. The Labute approximate surface area is 137 Å². The van der Waals surface area contributed by atoms with E-state index in [-0.39, 0.29) is 34.0 Å². The molecule has 0 aliphatic carbocycles. The van der Waals surface area contributed by atoms with Crippen LogP contribution in [0.1, 0.15) is 38.7 Å². The molecule has 7 heteroatoms. The van der Waals surface area contributed by atoms with Crippen LogP contribution in [0.25, 0.3) is 0 Å². The van der Waals surface area contributed by atoms with Gasteiger partial charge in [0.2, 0.25) is 10.0 Å². The molecule has 0 aromatic heterocycles. The Kier molecular flexibility index (Phi) is 6.82. The predicted molar refractivity (Wildman–Crippen MR) is 86.1 cm³/mol. The molecule has 2 N–H and O–H groups in total. The minimum Gasteiger partial charge on any atom is -0.396 e. The maximum absolute atomic E-state index is 12.4. The van der Waals surface area contributed by atoms with Crippen LogP contribution in [0.2, 0.25) is 5.02 Å². The lowest BCUT2D eigenvalue weighted by molar-refractivity contribution is 0.170. The average Bonchev–Trinajstić information content (AvgIpc) is 2.51. The van der Waals surface area contributed by atoms with Crippen molar-refractivity contribution in [3.05, 3.63) is 28.8 Å². The van der Waals surface area contributed by atoms with E-state index in [4.69, 9.17) is 16.9 Å². The number of sulfonamides is 1. The predicted octanol–water partition coefficient (Wildman–Crippen LogP) is 2.68. The normalized spacial score (nSPS) is 12.1. The third-order valence-corrected chi connectivity index (χ3v) is 5.86. The zero-order valence-corrected chi connectivity index (χ0v) is 14.3. The minimum atomic E-state index is -3.70. The van der Waals surface area contributed by atoms with Crippen LogP contribution < -0.4 is 4.72 Å². The summed E-state index contributed by atoms with van der Waals surface area (Å²) in [6.45, 7) is 4.23. The van der Waals surface area contributed by atoms with Crippen LogP contribution in [0.5, 0.6) is 0 Å². The van der Waals surface area contributed by atoms with Gasteiger partial charge < -0.3 is 5.11 Å². The lowest BCUT2D eigenvalue weighted by Crippen LogP contribution is -2.37. The fourth-order valence-corrected chi connectivity index (χ4v) is 3.73. The maximum Gasteiger partial charge on any atom is 0.240 e. The standard InChI is InChI=1S/C15H21ClN2O3S/c1-3-15(4-2,7-8-19)11-18-22(20,21)13-6-5-12(10-17)14(16)9-13/h5-6,9,18-19H,3-4,7-8,11H2,1-2H3. The number of benzene rings is 1. The molecule has 22 heavy (non-hydrogen) atoms. The highest BCUT2D eigenvalue weighted by molar-refractivity contribution is 7.89. The van der Waals surface area contributed by atoms with E-state index in [1.54, 1.807) is 0 Å². The lowest BCUT2D eigenvalue weighted by Gasteiger charge is -2.31. The van der Waals surface area contributed by atoms with Crippen LogP contribution in [0.15, 0.2) is 23.1 Å². The zero-order valence-electron chi connectivity index (χ0n) is 12.8. The summed E-state index contributed by atoms with van der Waals surface area (Å²) in [6, 6.07) is 5.91. The largest absolute Gasteiger partial charge is 0.396 e. The maximum atomic E-state index is 12.4. The Morgan fingerprint density at radius 1 is 1.36 bits per heavy atom. The van der Waals surface area contributed by atoms with E-state index in [1.807, 2.05) is 19.9 Å². The minimum absolute atomic E-state index is 0.0199. The van der Waals surface area contributed by atoms with Crippen molar-refractivity contribution >= 4 is 21.6 Å². The number of halogens is 1. The van der Waals surface area contributed by atoms with Gasteiger partial charge in [-0.25, -0.2) is 13.1 Å². The SMILES string of the molecule is CCC(CC)(CCO)CNS(=O)(=O)c1ccc(C#N)c(Cl)c1. The van der Waals surface area contributed by atoms with Gasteiger partial charge in [0.05, 0.1) is 15.5 Å². The summed E-state index contributed by atoms with van der Waals surface area (Å²) in [7, 11) is -3.70. The highest BCUT2D eigenvalue weighted by atomic mass is 35.5. The summed E-state index contributed by atoms with van der Waals surface area (Å²) in [5, 5.41) is 18.1. The second-order valence-corrected chi connectivity index (χ2v) is 7.43. The Hall–Kier alpha value is -1.13. The molecule has 122 valence electrons. The van der Waals surface area contributed by atoms with E-state index in [0.717, 1.165) is 12.8 Å². The van der Waals surface area contributed by atoms with E-state index in [0.29, 0.717) is 6.42 Å². The van der Waals surface area contributed by atoms with Gasteiger partial charge in [0.1, 0.15) is 6.07 Å². The molecule has 0 bridgehead atoms. The number of nitriles is 1. The first kappa shape index (κ1) is 18.9. The molecule has 0 saturated carbocycles. The summed E-state index contributed by atoms with van der Waals surface area (Å²) in [5.74, 6) is 0. The van der Waals surface area contributed by atoms with Crippen LogP contribution in [0.4, 0.5) is 0 Å². The van der Waals surface area contributed by atoms with E-state index in [9.17, 15) is 13.5 Å². The molecule has 0 aliphatic heterocycles. The van der Waals surface area contributed by atoms with Crippen molar-refractivity contribution in [1.29, 1.82) is 5.26 Å². The van der Waals surface area contributed by atoms with Crippen molar-refractivity contribution in [2.45, 2.75) is 38.0 Å². The number of hydrogen-bond acceptors (Lipinski definition) is 4. The molecule has 0 unspecified atom stereocenters. The molecule has 1 aromatic carbocycles. The smallest absolute Gasteiger partial charge is 0.240 e. The summed E-state index contributed by atoms with van der Waals surface area (Å²) < 4.78 is 27.3. The Balaban J connectivity index is 2.96. The lowest BCUT2D eigenvalue weighted by atomic mass is 9.80. The van der Waals surface area contributed by atoms with Gasteiger partial charge >= 0.3 is 0 Å². The first-order valence-electron chi connectivity index (χ1n) is 7.14. The van der Waals surface area contributed by atoms with Crippen molar-refractivity contribution in [2.75, 3.05) is 13.2 Å². The Morgan fingerprint density at radius 3 is 2.45 bits per heavy atom. The summed E-state index contributed by atoms with van der Waals surface area (Å²) >= 11 is 5.88. The van der Waals surface area contributed by atoms with E-state index in [2.05, 4.69) is 4.72 Å². The zero-order chi connectivity index (χ0) is 16.8. The monoisotopic (exact) mass is 344 g/mol. The number of aliphatic hydroxyl groups is 1. The molecule has 5 nitrogen and oxygen atoms in total. The van der Waals surface area contributed by atoms with Crippen LogP contribution >= 0.6 is 11.6 Å². The number of aliphatic hydroxyl groups excluding tert-OH is 1. The summed E-state index contributed by atoms with van der Waals surface area (Å²) in [4.78, 5) is 0.0293. The quantitative estimate of drug-likeness (QED) is 0.758. The average molecular weight is 345 g/mol. The molecule has 0 radical (unpaired) electrons. The van der Waals surface area contributed by atoms with Crippen molar-refractivity contribution in [3.8, 4) is 6.07 Å². The molecule has 1 aromatic rings. The highest BCUT2D eigenvalue weighted by Gasteiger charge is 2.28. The number of rotatable bonds is 8. The molecule has 0 spiro atoms. The van der Waals surface area contributed by atoms with Crippen LogP contribution in [-0.2, 0) is 10.0 Å². The van der Waals surface area contributed by atoms with Crippen molar-refractivity contribution in [1.82, 2.24) is 4.72 Å². The molecule has 0 saturated heterocycles. The molecule has 0 aliphatic rings. The van der Waals surface area contributed by atoms with Gasteiger partial charge in [0.15, 0.2) is 0 Å². The van der Waals surface area contributed by atoms with Gasteiger partial charge in [-0.15, -0.1) is 0 Å². The second-order valence-electron chi connectivity index (χ2n) is 5.26. The van der Waals surface area contributed by atoms with Crippen LogP contribution in [0.3, 0.4) is 0 Å². The fourth-order valence-electron chi connectivity index (χ4n) is 2.26. The highest BCUT2D eigenvalue weighted by Crippen LogP contribution is 2.30. The van der Waals surface area contributed by atoms with Gasteiger partial charge in [-0.3, -0.25) is 0 Å².